The van der Waals surface area contributed by atoms with Gasteiger partial charge < -0.3 is 30.3 Å². The summed E-state index contributed by atoms with van der Waals surface area (Å²) in [6.07, 6.45) is 4.90. The molecule has 0 amide bonds. The average Bonchev–Trinajstić information content (AvgIpc) is 3.25. The van der Waals surface area contributed by atoms with E-state index in [-0.39, 0.29) is 6.61 Å². The lowest BCUT2D eigenvalue weighted by molar-refractivity contribution is -0.0511. The van der Waals surface area contributed by atoms with Crippen LogP contribution in [0.3, 0.4) is 0 Å². The monoisotopic (exact) mass is 404 g/mol. The lowest BCUT2D eigenvalue weighted by Crippen LogP contribution is -2.52. The van der Waals surface area contributed by atoms with Gasteiger partial charge in [-0.2, -0.15) is 0 Å². The van der Waals surface area contributed by atoms with Crippen LogP contribution in [0.25, 0.3) is 11.2 Å². The van der Waals surface area contributed by atoms with Crippen molar-refractivity contribution >= 4 is 17.0 Å². The van der Waals surface area contributed by atoms with Gasteiger partial charge in [0.1, 0.15) is 24.6 Å². The Labute approximate surface area is 168 Å². The topological polar surface area (TPSA) is 129 Å². The van der Waals surface area contributed by atoms with Gasteiger partial charge in [-0.15, -0.1) is 0 Å². The van der Waals surface area contributed by atoms with Crippen LogP contribution < -0.4 is 5.32 Å². The molecule has 7 atom stereocenters. The Balaban J connectivity index is 1.40. The van der Waals surface area contributed by atoms with Crippen LogP contribution in [0.5, 0.6) is 0 Å². The number of piperidine rings is 2. The number of rotatable bonds is 4. The van der Waals surface area contributed by atoms with Crippen molar-refractivity contribution in [3.63, 3.8) is 0 Å². The maximum absolute atomic E-state index is 10.3. The number of aromatic nitrogens is 4. The van der Waals surface area contributed by atoms with E-state index in [4.69, 9.17) is 4.74 Å². The molecule has 3 aliphatic rings. The summed E-state index contributed by atoms with van der Waals surface area (Å²) >= 11 is 0. The zero-order valence-electron chi connectivity index (χ0n) is 16.4. The van der Waals surface area contributed by atoms with Crippen LogP contribution >= 0.6 is 0 Å². The normalized spacial score (nSPS) is 37.9. The van der Waals surface area contributed by atoms with E-state index in [1.807, 2.05) is 0 Å². The zero-order valence-corrected chi connectivity index (χ0v) is 16.4. The minimum absolute atomic E-state index is 0.332. The summed E-state index contributed by atoms with van der Waals surface area (Å²) in [7, 11) is 2.23. The molecule has 5 rings (SSSR count). The lowest BCUT2D eigenvalue weighted by Gasteiger charge is -2.47. The van der Waals surface area contributed by atoms with Crippen LogP contribution in [0.1, 0.15) is 38.3 Å². The quantitative estimate of drug-likeness (QED) is 0.550. The number of ether oxygens (including phenoxy) is 1. The molecular weight excluding hydrogens is 376 g/mol. The highest BCUT2D eigenvalue weighted by Gasteiger charge is 2.44. The first-order valence-corrected chi connectivity index (χ1v) is 10.3. The van der Waals surface area contributed by atoms with Gasteiger partial charge in [0.15, 0.2) is 23.2 Å². The summed E-state index contributed by atoms with van der Waals surface area (Å²) in [6, 6.07) is 1.54. The molecule has 158 valence electrons. The maximum atomic E-state index is 10.3. The molecule has 3 saturated heterocycles. The number of nitrogens with zero attached hydrogens (tertiary/aromatic N) is 5. The largest absolute Gasteiger partial charge is 0.394 e. The summed E-state index contributed by atoms with van der Waals surface area (Å²) < 4.78 is 7.22. The predicted molar refractivity (Wildman–Crippen MR) is 104 cm³/mol. The zero-order chi connectivity index (χ0) is 20.1. The molecule has 3 aliphatic heterocycles. The van der Waals surface area contributed by atoms with E-state index >= 15 is 0 Å². The highest BCUT2D eigenvalue weighted by molar-refractivity contribution is 5.82. The van der Waals surface area contributed by atoms with Crippen LogP contribution in [0.15, 0.2) is 12.7 Å². The smallest absolute Gasteiger partial charge is 0.167 e. The van der Waals surface area contributed by atoms with Crippen LogP contribution in [-0.4, -0.2) is 89.8 Å². The van der Waals surface area contributed by atoms with Crippen molar-refractivity contribution in [2.24, 2.45) is 0 Å². The lowest BCUT2D eigenvalue weighted by atomic mass is 9.82. The molecule has 10 heteroatoms. The molecular formula is C19H28N6O4. The van der Waals surface area contributed by atoms with Crippen molar-refractivity contribution in [2.45, 2.75) is 74.8 Å². The van der Waals surface area contributed by atoms with E-state index in [9.17, 15) is 15.3 Å². The van der Waals surface area contributed by atoms with Gasteiger partial charge in [0.05, 0.1) is 12.9 Å². The molecule has 0 aliphatic carbocycles. The number of hydrogen-bond donors (Lipinski definition) is 4. The minimum Gasteiger partial charge on any atom is -0.394 e. The van der Waals surface area contributed by atoms with Gasteiger partial charge in [-0.05, 0) is 32.7 Å². The van der Waals surface area contributed by atoms with Crippen LogP contribution in [0, 0.1) is 0 Å². The van der Waals surface area contributed by atoms with Gasteiger partial charge >= 0.3 is 0 Å². The Morgan fingerprint density at radius 1 is 1.14 bits per heavy atom. The fourth-order valence-corrected chi connectivity index (χ4v) is 5.18. The molecule has 5 heterocycles. The number of imidazole rings is 1. The van der Waals surface area contributed by atoms with E-state index in [1.165, 1.54) is 31.9 Å². The Kier molecular flexibility index (Phi) is 4.91. The molecule has 2 aromatic rings. The standard InChI is InChI=1S/C19H28N6O4/c1-24-11-3-2-4-12(24)6-10(5-11)23-17-14-18(21-8-20-17)25(9-22-14)19-16(28)15(27)13(7-26)29-19/h8-13,15-16,19,26-28H,2-7H2,1H3,(H,20,21,23)/t10?,11-,12+,13-,15-,16-,19-/m1/s1. The second-order valence-electron chi connectivity index (χ2n) is 8.49. The molecule has 2 aromatic heterocycles. The van der Waals surface area contributed by atoms with E-state index < -0.39 is 24.5 Å². The molecule has 0 radical (unpaired) electrons. The van der Waals surface area contributed by atoms with E-state index in [2.05, 4.69) is 32.2 Å². The first kappa shape index (κ1) is 19.1. The first-order chi connectivity index (χ1) is 14.1. The van der Waals surface area contributed by atoms with E-state index in [1.54, 1.807) is 4.57 Å². The molecule has 4 N–H and O–H groups in total. The summed E-state index contributed by atoms with van der Waals surface area (Å²) in [4.78, 5) is 15.7. The second-order valence-corrected chi connectivity index (χ2v) is 8.49. The maximum Gasteiger partial charge on any atom is 0.167 e. The van der Waals surface area contributed by atoms with Crippen LogP contribution in [-0.2, 0) is 4.74 Å². The van der Waals surface area contributed by atoms with Crippen LogP contribution in [0.4, 0.5) is 5.82 Å². The molecule has 10 nitrogen and oxygen atoms in total. The van der Waals surface area contributed by atoms with Crippen molar-refractivity contribution in [1.82, 2.24) is 24.4 Å². The van der Waals surface area contributed by atoms with Gasteiger partial charge in [0.2, 0.25) is 0 Å². The Morgan fingerprint density at radius 3 is 2.59 bits per heavy atom. The molecule has 3 fully saturated rings. The number of hydrogen-bond acceptors (Lipinski definition) is 9. The number of aliphatic hydroxyl groups is 3. The number of anilines is 1. The Bertz CT molecular complexity index is 864. The van der Waals surface area contributed by atoms with Gasteiger partial charge in [0.25, 0.3) is 0 Å². The molecule has 0 spiro atoms. The molecule has 0 saturated carbocycles. The van der Waals surface area contributed by atoms with Crippen molar-refractivity contribution in [1.29, 1.82) is 0 Å². The summed E-state index contributed by atoms with van der Waals surface area (Å²) in [6.45, 7) is -0.373. The fraction of sp³-hybridized carbons (Fsp3) is 0.737. The third kappa shape index (κ3) is 3.19. The van der Waals surface area contributed by atoms with Crippen molar-refractivity contribution < 1.29 is 20.1 Å². The minimum atomic E-state index is -1.18. The Morgan fingerprint density at radius 2 is 1.90 bits per heavy atom. The molecule has 0 aromatic carbocycles. The summed E-state index contributed by atoms with van der Waals surface area (Å²) in [5.41, 5.74) is 1.12. The average molecular weight is 404 g/mol. The third-order valence-corrected chi connectivity index (χ3v) is 6.83. The highest BCUT2D eigenvalue weighted by atomic mass is 16.6. The van der Waals surface area contributed by atoms with Gasteiger partial charge in [-0.25, -0.2) is 15.0 Å². The first-order valence-electron chi connectivity index (χ1n) is 10.3. The fourth-order valence-electron chi connectivity index (χ4n) is 5.18. The van der Waals surface area contributed by atoms with Crippen molar-refractivity contribution in [3.05, 3.63) is 12.7 Å². The van der Waals surface area contributed by atoms with Crippen LogP contribution in [0.2, 0.25) is 0 Å². The number of aliphatic hydroxyl groups excluding tert-OH is 3. The third-order valence-electron chi connectivity index (χ3n) is 6.83. The predicted octanol–water partition coefficient (Wildman–Crippen LogP) is -0.135. The number of fused-ring (bicyclic) bond motifs is 3. The summed E-state index contributed by atoms with van der Waals surface area (Å²) in [5.74, 6) is 0.674. The molecule has 29 heavy (non-hydrogen) atoms. The van der Waals surface area contributed by atoms with Gasteiger partial charge in [0, 0.05) is 18.1 Å². The number of nitrogens with one attached hydrogen (secondary N) is 1. The Hall–Kier alpha value is -1.85. The molecule has 1 unspecified atom stereocenters. The van der Waals surface area contributed by atoms with Crippen molar-refractivity contribution in [2.75, 3.05) is 19.0 Å². The van der Waals surface area contributed by atoms with Gasteiger partial charge in [-0.1, -0.05) is 6.42 Å². The van der Waals surface area contributed by atoms with E-state index in [0.717, 1.165) is 12.8 Å². The highest BCUT2D eigenvalue weighted by Crippen LogP contribution is 2.35. The van der Waals surface area contributed by atoms with E-state index in [0.29, 0.717) is 35.1 Å². The molecule has 2 bridgehead atoms. The van der Waals surface area contributed by atoms with Crippen molar-refractivity contribution in [3.8, 4) is 0 Å². The SMILES string of the molecule is CN1[C@@H]2CCC[C@H]1CC(Nc1ncnc3c1ncn3[C@@H]1O[C@H](CO)[C@@H](O)[C@H]1O)C2. The second kappa shape index (κ2) is 7.44. The summed E-state index contributed by atoms with van der Waals surface area (Å²) in [5, 5.41) is 33.3. The van der Waals surface area contributed by atoms with Gasteiger partial charge in [-0.3, -0.25) is 4.57 Å².